The summed E-state index contributed by atoms with van der Waals surface area (Å²) in [5.74, 6) is 0.00518. The Balaban J connectivity index is 2.31. The van der Waals surface area contributed by atoms with Crippen LogP contribution >= 0.6 is 27.7 Å². The molecule has 18 heavy (non-hydrogen) atoms. The predicted molar refractivity (Wildman–Crippen MR) is 72.1 cm³/mol. The number of hydrogen-bond donors (Lipinski definition) is 1. The van der Waals surface area contributed by atoms with E-state index in [0.717, 1.165) is 9.37 Å². The molecule has 7 heteroatoms. The summed E-state index contributed by atoms with van der Waals surface area (Å²) in [4.78, 5) is 23.4. The number of carbonyl (C=O) groups is 1. The SMILES string of the molecule is CC(=O)c1ccc(Sc2n[nH]c(=O)n2C)cc1Br. The van der Waals surface area contributed by atoms with Gasteiger partial charge < -0.3 is 0 Å². The summed E-state index contributed by atoms with van der Waals surface area (Å²) in [6.07, 6.45) is 0. The summed E-state index contributed by atoms with van der Waals surface area (Å²) in [5.41, 5.74) is 0.382. The van der Waals surface area contributed by atoms with Gasteiger partial charge in [-0.3, -0.25) is 9.36 Å². The van der Waals surface area contributed by atoms with E-state index in [0.29, 0.717) is 10.7 Å². The van der Waals surface area contributed by atoms with Crippen LogP contribution in [-0.2, 0) is 7.05 Å². The van der Waals surface area contributed by atoms with Gasteiger partial charge in [0, 0.05) is 22.0 Å². The molecular weight excluding hydrogens is 318 g/mol. The maximum Gasteiger partial charge on any atom is 0.343 e. The zero-order valence-corrected chi connectivity index (χ0v) is 12.1. The van der Waals surface area contributed by atoms with Gasteiger partial charge in [-0.05, 0) is 36.9 Å². The van der Waals surface area contributed by atoms with E-state index in [1.807, 2.05) is 12.1 Å². The molecule has 0 aliphatic heterocycles. The molecule has 0 aliphatic carbocycles. The number of carbonyl (C=O) groups excluding carboxylic acids is 1. The lowest BCUT2D eigenvalue weighted by atomic mass is 10.2. The number of nitrogens with one attached hydrogen (secondary N) is 1. The smallest absolute Gasteiger partial charge is 0.294 e. The molecule has 0 radical (unpaired) electrons. The molecular formula is C11H10BrN3O2S. The highest BCUT2D eigenvalue weighted by atomic mass is 79.9. The van der Waals surface area contributed by atoms with Crippen molar-refractivity contribution in [2.45, 2.75) is 17.0 Å². The van der Waals surface area contributed by atoms with E-state index in [9.17, 15) is 9.59 Å². The second-order valence-electron chi connectivity index (χ2n) is 3.67. The second kappa shape index (κ2) is 5.11. The summed E-state index contributed by atoms with van der Waals surface area (Å²) in [5, 5.41) is 6.85. The van der Waals surface area contributed by atoms with Crippen molar-refractivity contribution in [3.63, 3.8) is 0 Å². The number of aromatic amines is 1. The number of H-pyrrole nitrogens is 1. The summed E-state index contributed by atoms with van der Waals surface area (Å²) >= 11 is 4.70. The van der Waals surface area contributed by atoms with E-state index in [2.05, 4.69) is 26.1 Å². The van der Waals surface area contributed by atoms with Crippen LogP contribution in [0.2, 0.25) is 0 Å². The predicted octanol–water partition coefficient (Wildman–Crippen LogP) is 2.22. The van der Waals surface area contributed by atoms with E-state index in [1.165, 1.54) is 23.3 Å². The van der Waals surface area contributed by atoms with Crippen LogP contribution in [0.5, 0.6) is 0 Å². The van der Waals surface area contributed by atoms with E-state index in [1.54, 1.807) is 13.1 Å². The molecule has 0 bridgehead atoms. The lowest BCUT2D eigenvalue weighted by Gasteiger charge is -2.04. The lowest BCUT2D eigenvalue weighted by molar-refractivity contribution is 0.101. The Morgan fingerprint density at radius 3 is 2.72 bits per heavy atom. The van der Waals surface area contributed by atoms with Crippen molar-refractivity contribution in [2.75, 3.05) is 0 Å². The maximum absolute atomic E-state index is 11.3. The van der Waals surface area contributed by atoms with E-state index in [4.69, 9.17) is 0 Å². The number of benzene rings is 1. The zero-order chi connectivity index (χ0) is 13.3. The molecule has 2 rings (SSSR count). The topological polar surface area (TPSA) is 67.8 Å². The summed E-state index contributed by atoms with van der Waals surface area (Å²) in [7, 11) is 1.65. The number of ketones is 1. The fraction of sp³-hybridized carbons (Fsp3) is 0.182. The number of halogens is 1. The largest absolute Gasteiger partial charge is 0.343 e. The summed E-state index contributed by atoms with van der Waals surface area (Å²) in [6, 6.07) is 5.41. The molecule has 0 saturated carbocycles. The van der Waals surface area contributed by atoms with E-state index >= 15 is 0 Å². The monoisotopic (exact) mass is 327 g/mol. The van der Waals surface area contributed by atoms with Crippen molar-refractivity contribution in [1.82, 2.24) is 14.8 Å². The first-order valence-corrected chi connectivity index (χ1v) is 6.69. The Hall–Kier alpha value is -1.34. The minimum absolute atomic E-state index is 0.00518. The molecule has 2 aromatic rings. The Labute approximate surface area is 116 Å². The first-order valence-electron chi connectivity index (χ1n) is 5.09. The van der Waals surface area contributed by atoms with Crippen molar-refractivity contribution in [3.05, 3.63) is 38.7 Å². The molecule has 1 aromatic carbocycles. The number of hydrogen-bond acceptors (Lipinski definition) is 4. The van der Waals surface area contributed by atoms with Crippen LogP contribution < -0.4 is 5.69 Å². The average Bonchev–Trinajstić information content (AvgIpc) is 2.61. The van der Waals surface area contributed by atoms with E-state index in [-0.39, 0.29) is 11.5 Å². The maximum atomic E-state index is 11.3. The molecule has 1 aromatic heterocycles. The minimum atomic E-state index is -0.253. The molecule has 5 nitrogen and oxygen atoms in total. The van der Waals surface area contributed by atoms with Crippen LogP contribution in [0.3, 0.4) is 0 Å². The van der Waals surface area contributed by atoms with Gasteiger partial charge >= 0.3 is 5.69 Å². The van der Waals surface area contributed by atoms with Gasteiger partial charge in [0.1, 0.15) is 0 Å². The molecule has 0 unspecified atom stereocenters. The van der Waals surface area contributed by atoms with Gasteiger partial charge in [0.15, 0.2) is 10.9 Å². The second-order valence-corrected chi connectivity index (χ2v) is 5.57. The average molecular weight is 328 g/mol. The lowest BCUT2D eigenvalue weighted by Crippen LogP contribution is -2.12. The number of aromatic nitrogens is 3. The van der Waals surface area contributed by atoms with E-state index < -0.39 is 0 Å². The Kier molecular flexibility index (Phi) is 3.72. The standard InChI is InChI=1S/C11H10BrN3O2S/c1-6(16)8-4-3-7(5-9(8)12)18-11-14-13-10(17)15(11)2/h3-5H,1-2H3,(H,13,17). The summed E-state index contributed by atoms with van der Waals surface area (Å²) < 4.78 is 2.16. The van der Waals surface area contributed by atoms with Crippen molar-refractivity contribution >= 4 is 33.5 Å². The van der Waals surface area contributed by atoms with Crippen LogP contribution in [0, 0.1) is 0 Å². The molecule has 0 atom stereocenters. The molecule has 1 heterocycles. The molecule has 0 fully saturated rings. The van der Waals surface area contributed by atoms with Gasteiger partial charge in [0.05, 0.1) is 0 Å². The van der Waals surface area contributed by atoms with Gasteiger partial charge in [0.25, 0.3) is 0 Å². The van der Waals surface area contributed by atoms with Gasteiger partial charge in [-0.15, -0.1) is 5.10 Å². The van der Waals surface area contributed by atoms with Gasteiger partial charge in [-0.1, -0.05) is 15.9 Å². The van der Waals surface area contributed by atoms with Crippen molar-refractivity contribution in [3.8, 4) is 0 Å². The molecule has 0 aliphatic rings. The number of nitrogens with zero attached hydrogens (tertiary/aromatic N) is 2. The Bertz CT molecular complexity index is 663. The summed E-state index contributed by atoms with van der Waals surface area (Å²) in [6.45, 7) is 1.52. The van der Waals surface area contributed by atoms with Crippen molar-refractivity contribution in [1.29, 1.82) is 0 Å². The molecule has 0 amide bonds. The third kappa shape index (κ3) is 2.56. The first-order chi connectivity index (χ1) is 8.49. The Morgan fingerprint density at radius 1 is 1.50 bits per heavy atom. The molecule has 0 spiro atoms. The first kappa shape index (κ1) is 13.1. The number of rotatable bonds is 3. The van der Waals surface area contributed by atoms with Gasteiger partial charge in [-0.2, -0.15) is 0 Å². The fourth-order valence-corrected chi connectivity index (χ4v) is 3.02. The molecule has 1 N–H and O–H groups in total. The molecule has 0 saturated heterocycles. The fourth-order valence-electron chi connectivity index (χ4n) is 1.37. The van der Waals surface area contributed by atoms with Crippen LogP contribution in [0.4, 0.5) is 0 Å². The highest BCUT2D eigenvalue weighted by molar-refractivity contribution is 9.10. The van der Waals surface area contributed by atoms with Crippen LogP contribution in [0.1, 0.15) is 17.3 Å². The van der Waals surface area contributed by atoms with Crippen LogP contribution in [0.15, 0.2) is 37.5 Å². The van der Waals surface area contributed by atoms with Crippen LogP contribution in [-0.4, -0.2) is 20.5 Å². The van der Waals surface area contributed by atoms with Crippen molar-refractivity contribution in [2.24, 2.45) is 7.05 Å². The molecule has 94 valence electrons. The minimum Gasteiger partial charge on any atom is -0.294 e. The third-order valence-electron chi connectivity index (χ3n) is 2.37. The van der Waals surface area contributed by atoms with Crippen LogP contribution in [0.25, 0.3) is 0 Å². The highest BCUT2D eigenvalue weighted by Crippen LogP contribution is 2.29. The number of Topliss-reactive ketones (excluding diaryl/α,β-unsaturated/α-hetero) is 1. The van der Waals surface area contributed by atoms with Gasteiger partial charge in [0.2, 0.25) is 0 Å². The quantitative estimate of drug-likeness (QED) is 0.878. The van der Waals surface area contributed by atoms with Gasteiger partial charge in [-0.25, -0.2) is 9.89 Å². The highest BCUT2D eigenvalue weighted by Gasteiger charge is 2.09. The Morgan fingerprint density at radius 2 is 2.22 bits per heavy atom. The van der Waals surface area contributed by atoms with Crippen molar-refractivity contribution < 1.29 is 4.79 Å². The zero-order valence-electron chi connectivity index (χ0n) is 9.73. The third-order valence-corrected chi connectivity index (χ3v) is 4.06. The normalized spacial score (nSPS) is 10.6.